The van der Waals surface area contributed by atoms with Crippen molar-refractivity contribution in [1.29, 1.82) is 0 Å². The number of fused-ring (bicyclic) bond motifs is 1. The van der Waals surface area contributed by atoms with Gasteiger partial charge < -0.3 is 15.0 Å². The monoisotopic (exact) mass is 357 g/mol. The highest BCUT2D eigenvalue weighted by molar-refractivity contribution is 6.03. The van der Waals surface area contributed by atoms with Crippen molar-refractivity contribution in [1.82, 2.24) is 10.2 Å². The molecule has 2 amide bonds. The number of anilines is 1. The van der Waals surface area contributed by atoms with Crippen LogP contribution in [-0.2, 0) is 9.59 Å². The van der Waals surface area contributed by atoms with E-state index in [1.54, 1.807) is 11.8 Å². The molecule has 1 atom stereocenters. The topological polar surface area (TPSA) is 61.9 Å². The summed E-state index contributed by atoms with van der Waals surface area (Å²) in [5, 5.41) is 3.63. The molecule has 1 saturated carbocycles. The van der Waals surface area contributed by atoms with Crippen LogP contribution in [0.4, 0.5) is 5.69 Å². The molecule has 1 unspecified atom stereocenters. The van der Waals surface area contributed by atoms with E-state index >= 15 is 0 Å². The molecule has 1 N–H and O–H groups in total. The molecule has 1 saturated heterocycles. The minimum absolute atomic E-state index is 0.0166. The van der Waals surface area contributed by atoms with E-state index in [1.807, 2.05) is 29.2 Å². The maximum atomic E-state index is 12.8. The largest absolute Gasteiger partial charge is 0.479 e. The highest BCUT2D eigenvalue weighted by Crippen LogP contribution is 2.33. The van der Waals surface area contributed by atoms with Gasteiger partial charge >= 0.3 is 0 Å². The van der Waals surface area contributed by atoms with Crippen LogP contribution in [-0.4, -0.2) is 55.0 Å². The number of nitrogens with one attached hydrogen (secondary N) is 1. The number of para-hydroxylation sites is 2. The molecule has 2 fully saturated rings. The van der Waals surface area contributed by atoms with Gasteiger partial charge in [-0.2, -0.15) is 0 Å². The predicted octanol–water partition coefficient (Wildman–Crippen LogP) is 1.79. The molecule has 26 heavy (non-hydrogen) atoms. The average Bonchev–Trinajstić information content (AvgIpc) is 3.48. The van der Waals surface area contributed by atoms with E-state index in [0.717, 1.165) is 38.4 Å². The van der Waals surface area contributed by atoms with Gasteiger partial charge in [-0.3, -0.25) is 14.5 Å². The van der Waals surface area contributed by atoms with Crippen molar-refractivity contribution in [2.45, 2.75) is 44.8 Å². The summed E-state index contributed by atoms with van der Waals surface area (Å²) in [5.41, 5.74) is 0.685. The maximum absolute atomic E-state index is 12.8. The van der Waals surface area contributed by atoms with Crippen molar-refractivity contribution < 1.29 is 14.3 Å². The third-order valence-electron chi connectivity index (χ3n) is 5.61. The van der Waals surface area contributed by atoms with E-state index in [4.69, 9.17) is 4.74 Å². The van der Waals surface area contributed by atoms with Gasteiger partial charge in [0, 0.05) is 19.1 Å². The molecule has 1 aliphatic carbocycles. The van der Waals surface area contributed by atoms with Crippen LogP contribution in [0.3, 0.4) is 0 Å². The Labute approximate surface area is 154 Å². The van der Waals surface area contributed by atoms with Crippen LogP contribution >= 0.6 is 0 Å². The van der Waals surface area contributed by atoms with Gasteiger partial charge in [-0.05, 0) is 57.2 Å². The first-order valence-corrected chi connectivity index (χ1v) is 9.70. The SMILES string of the molecule is CC1Oc2ccccc2N(CC(=O)N2CCC(NCC3CC3)CC2)C1=O. The van der Waals surface area contributed by atoms with E-state index < -0.39 is 6.10 Å². The van der Waals surface area contributed by atoms with Gasteiger partial charge in [0.05, 0.1) is 5.69 Å². The Morgan fingerprint density at radius 1 is 1.19 bits per heavy atom. The number of carbonyl (C=O) groups is 2. The Kier molecular flexibility index (Phi) is 4.85. The number of ether oxygens (including phenoxy) is 1. The Balaban J connectivity index is 1.35. The predicted molar refractivity (Wildman–Crippen MR) is 99.2 cm³/mol. The normalized spacial score (nSPS) is 23.6. The highest BCUT2D eigenvalue weighted by atomic mass is 16.5. The molecule has 4 rings (SSSR count). The van der Waals surface area contributed by atoms with Gasteiger partial charge in [-0.1, -0.05) is 12.1 Å². The molecule has 0 bridgehead atoms. The minimum Gasteiger partial charge on any atom is -0.479 e. The fourth-order valence-electron chi connectivity index (χ4n) is 3.75. The van der Waals surface area contributed by atoms with Crippen LogP contribution < -0.4 is 15.0 Å². The van der Waals surface area contributed by atoms with Crippen molar-refractivity contribution >= 4 is 17.5 Å². The number of piperidine rings is 1. The molecule has 1 aromatic rings. The smallest absolute Gasteiger partial charge is 0.268 e. The molecular weight excluding hydrogens is 330 g/mol. The Morgan fingerprint density at radius 3 is 2.65 bits per heavy atom. The fourth-order valence-corrected chi connectivity index (χ4v) is 3.75. The number of hydrogen-bond donors (Lipinski definition) is 1. The van der Waals surface area contributed by atoms with Crippen molar-refractivity contribution in [3.05, 3.63) is 24.3 Å². The zero-order valence-corrected chi connectivity index (χ0v) is 15.3. The molecule has 6 heteroatoms. The van der Waals surface area contributed by atoms with E-state index in [2.05, 4.69) is 5.32 Å². The summed E-state index contributed by atoms with van der Waals surface area (Å²) in [7, 11) is 0. The number of amides is 2. The van der Waals surface area contributed by atoms with Crippen LogP contribution in [0.2, 0.25) is 0 Å². The molecule has 140 valence electrons. The Hall–Kier alpha value is -2.08. The summed E-state index contributed by atoms with van der Waals surface area (Å²) in [6.07, 6.45) is 4.13. The summed E-state index contributed by atoms with van der Waals surface area (Å²) in [6, 6.07) is 7.93. The highest BCUT2D eigenvalue weighted by Gasteiger charge is 2.34. The molecule has 6 nitrogen and oxygen atoms in total. The zero-order valence-electron chi connectivity index (χ0n) is 15.3. The molecule has 2 aliphatic heterocycles. The summed E-state index contributed by atoms with van der Waals surface area (Å²) in [6.45, 7) is 4.46. The standard InChI is InChI=1S/C20H27N3O3/c1-14-20(25)23(17-4-2-3-5-18(17)26-14)13-19(24)22-10-8-16(9-11-22)21-12-15-6-7-15/h2-5,14-16,21H,6-13H2,1H3. The van der Waals surface area contributed by atoms with E-state index in [0.29, 0.717) is 17.5 Å². The maximum Gasteiger partial charge on any atom is 0.268 e. The Morgan fingerprint density at radius 2 is 1.92 bits per heavy atom. The van der Waals surface area contributed by atoms with Crippen LogP contribution in [0, 0.1) is 5.92 Å². The number of likely N-dealkylation sites (tertiary alicyclic amines) is 1. The first-order valence-electron chi connectivity index (χ1n) is 9.70. The van der Waals surface area contributed by atoms with Crippen LogP contribution in [0.5, 0.6) is 5.75 Å². The lowest BCUT2D eigenvalue weighted by Crippen LogP contribution is -2.52. The van der Waals surface area contributed by atoms with E-state index in [-0.39, 0.29) is 18.4 Å². The summed E-state index contributed by atoms with van der Waals surface area (Å²) < 4.78 is 5.64. The molecule has 0 aromatic heterocycles. The summed E-state index contributed by atoms with van der Waals surface area (Å²) in [5.74, 6) is 1.40. The fraction of sp³-hybridized carbons (Fsp3) is 0.600. The first kappa shape index (κ1) is 17.3. The Bertz CT molecular complexity index is 681. The number of benzene rings is 1. The first-order chi connectivity index (χ1) is 12.6. The third kappa shape index (κ3) is 3.70. The van der Waals surface area contributed by atoms with Gasteiger partial charge in [-0.25, -0.2) is 0 Å². The number of hydrogen-bond acceptors (Lipinski definition) is 4. The average molecular weight is 357 g/mol. The van der Waals surface area contributed by atoms with E-state index in [1.165, 1.54) is 12.8 Å². The molecule has 3 aliphatic rings. The molecule has 0 radical (unpaired) electrons. The zero-order chi connectivity index (χ0) is 18.1. The lowest BCUT2D eigenvalue weighted by Gasteiger charge is -2.36. The summed E-state index contributed by atoms with van der Waals surface area (Å²) >= 11 is 0. The second-order valence-electron chi connectivity index (χ2n) is 7.66. The summed E-state index contributed by atoms with van der Waals surface area (Å²) in [4.78, 5) is 28.8. The van der Waals surface area contributed by atoms with Gasteiger partial charge in [0.15, 0.2) is 6.10 Å². The third-order valence-corrected chi connectivity index (χ3v) is 5.61. The van der Waals surface area contributed by atoms with Crippen LogP contribution in [0.25, 0.3) is 0 Å². The van der Waals surface area contributed by atoms with Crippen molar-refractivity contribution in [2.24, 2.45) is 5.92 Å². The number of carbonyl (C=O) groups excluding carboxylic acids is 2. The van der Waals surface area contributed by atoms with Gasteiger partial charge in [-0.15, -0.1) is 0 Å². The van der Waals surface area contributed by atoms with Gasteiger partial charge in [0.1, 0.15) is 12.3 Å². The molecule has 2 heterocycles. The van der Waals surface area contributed by atoms with Gasteiger partial charge in [0.25, 0.3) is 5.91 Å². The molecule has 1 aromatic carbocycles. The second kappa shape index (κ2) is 7.27. The lowest BCUT2D eigenvalue weighted by atomic mass is 10.0. The van der Waals surface area contributed by atoms with Crippen molar-refractivity contribution in [3.8, 4) is 5.75 Å². The van der Waals surface area contributed by atoms with Gasteiger partial charge in [0.2, 0.25) is 5.91 Å². The minimum atomic E-state index is -0.560. The lowest BCUT2D eigenvalue weighted by molar-refractivity contribution is -0.134. The molecule has 0 spiro atoms. The van der Waals surface area contributed by atoms with Crippen molar-refractivity contribution in [2.75, 3.05) is 31.1 Å². The second-order valence-corrected chi connectivity index (χ2v) is 7.66. The van der Waals surface area contributed by atoms with Crippen LogP contribution in [0.15, 0.2) is 24.3 Å². The quantitative estimate of drug-likeness (QED) is 0.873. The van der Waals surface area contributed by atoms with Crippen molar-refractivity contribution in [3.63, 3.8) is 0 Å². The van der Waals surface area contributed by atoms with E-state index in [9.17, 15) is 9.59 Å². The molecular formula is C20H27N3O3. The number of nitrogens with zero attached hydrogens (tertiary/aromatic N) is 2. The number of rotatable bonds is 5. The van der Waals surface area contributed by atoms with Crippen LogP contribution in [0.1, 0.15) is 32.6 Å².